The SMILES string of the molecule is [2H]C(c1ccccc1)C([2H])[N+](=O)[O-]. The quantitative estimate of drug-likeness (QED) is 0.488. The van der Waals surface area contributed by atoms with Crippen LogP contribution in [0.1, 0.15) is 8.30 Å². The molecule has 0 spiro atoms. The molecule has 0 aliphatic heterocycles. The molecule has 0 bridgehead atoms. The number of hydrogen-bond acceptors (Lipinski definition) is 2. The Kier molecular flexibility index (Phi) is 1.78. The van der Waals surface area contributed by atoms with Crippen LogP contribution in [0, 0.1) is 10.1 Å². The van der Waals surface area contributed by atoms with Crippen molar-refractivity contribution < 1.29 is 7.66 Å². The zero-order chi connectivity index (χ0) is 9.84. The molecule has 0 aromatic heterocycles. The average molecular weight is 153 g/mol. The van der Waals surface area contributed by atoms with Crippen molar-refractivity contribution >= 4 is 0 Å². The predicted molar refractivity (Wildman–Crippen MR) is 42.0 cm³/mol. The molecule has 11 heavy (non-hydrogen) atoms. The van der Waals surface area contributed by atoms with Crippen LogP contribution in [0.4, 0.5) is 0 Å². The third-order valence-corrected chi connectivity index (χ3v) is 1.19. The molecule has 2 atom stereocenters. The molecule has 1 rings (SSSR count). The van der Waals surface area contributed by atoms with Crippen LogP contribution in [0.25, 0.3) is 0 Å². The van der Waals surface area contributed by atoms with Gasteiger partial charge in [-0.25, -0.2) is 0 Å². The van der Waals surface area contributed by atoms with Gasteiger partial charge in [0, 0.05) is 12.7 Å². The molecule has 0 aliphatic carbocycles. The second kappa shape index (κ2) is 3.71. The van der Waals surface area contributed by atoms with E-state index in [-0.39, 0.29) is 0 Å². The monoisotopic (exact) mass is 153 g/mol. The summed E-state index contributed by atoms with van der Waals surface area (Å²) in [5, 5.41) is 10.2. The molecule has 0 saturated heterocycles. The fourth-order valence-electron chi connectivity index (χ4n) is 0.711. The minimum Gasteiger partial charge on any atom is -0.265 e. The van der Waals surface area contributed by atoms with Gasteiger partial charge in [-0.2, -0.15) is 0 Å². The van der Waals surface area contributed by atoms with Crippen LogP contribution < -0.4 is 0 Å². The first-order valence-electron chi connectivity index (χ1n) is 4.31. The van der Waals surface area contributed by atoms with Crippen molar-refractivity contribution in [1.82, 2.24) is 0 Å². The van der Waals surface area contributed by atoms with Gasteiger partial charge in [-0.3, -0.25) is 10.1 Å². The summed E-state index contributed by atoms with van der Waals surface area (Å²) in [6, 6.07) is 8.39. The molecule has 1 aromatic carbocycles. The minimum absolute atomic E-state index is 0.499. The molecular weight excluding hydrogens is 142 g/mol. The molecular formula is C8H9NO2. The maximum Gasteiger partial charge on any atom is 0.207 e. The Morgan fingerprint density at radius 3 is 2.64 bits per heavy atom. The summed E-state index contributed by atoms with van der Waals surface area (Å²) in [6.45, 7) is -1.61. The molecule has 0 radical (unpaired) electrons. The van der Waals surface area contributed by atoms with Gasteiger partial charge in [0.25, 0.3) is 0 Å². The van der Waals surface area contributed by atoms with Crippen molar-refractivity contribution in [2.45, 2.75) is 6.40 Å². The van der Waals surface area contributed by atoms with E-state index in [1.807, 2.05) is 0 Å². The van der Waals surface area contributed by atoms with Crippen LogP contribution in [0.5, 0.6) is 0 Å². The van der Waals surface area contributed by atoms with Crippen molar-refractivity contribution in [3.63, 3.8) is 0 Å². The Morgan fingerprint density at radius 2 is 2.09 bits per heavy atom. The van der Waals surface area contributed by atoms with Crippen LogP contribution in [0.3, 0.4) is 0 Å². The number of benzene rings is 1. The lowest BCUT2D eigenvalue weighted by atomic mass is 10.2. The zero-order valence-corrected chi connectivity index (χ0v) is 5.81. The fraction of sp³-hybridized carbons (Fsp3) is 0.250. The Labute approximate surface area is 67.6 Å². The highest BCUT2D eigenvalue weighted by Gasteiger charge is 1.97. The first kappa shape index (κ1) is 5.29. The van der Waals surface area contributed by atoms with Crippen molar-refractivity contribution in [3.8, 4) is 0 Å². The lowest BCUT2D eigenvalue weighted by Gasteiger charge is -1.94. The van der Waals surface area contributed by atoms with E-state index in [4.69, 9.17) is 2.74 Å². The van der Waals surface area contributed by atoms with Gasteiger partial charge in [0.1, 0.15) is 1.37 Å². The van der Waals surface area contributed by atoms with Gasteiger partial charge in [0.2, 0.25) is 6.52 Å². The first-order valence-corrected chi connectivity index (χ1v) is 3.16. The summed E-state index contributed by atoms with van der Waals surface area (Å²) < 4.78 is 14.5. The van der Waals surface area contributed by atoms with Crippen molar-refractivity contribution in [1.29, 1.82) is 0 Å². The standard InChI is InChI=1S/C8H9NO2/c10-9(11)7-6-8-4-2-1-3-5-8/h1-5H,6-7H2/i6D,7D. The number of rotatable bonds is 3. The number of nitrogens with zero attached hydrogens (tertiary/aromatic N) is 1. The largest absolute Gasteiger partial charge is 0.265 e. The van der Waals surface area contributed by atoms with E-state index < -0.39 is 17.8 Å². The normalized spacial score (nSPS) is 17.8. The Bertz CT molecular complexity index is 291. The van der Waals surface area contributed by atoms with Crippen LogP contribution in [-0.2, 0) is 6.40 Å². The molecule has 2 unspecified atom stereocenters. The highest BCUT2D eigenvalue weighted by atomic mass is 16.6. The smallest absolute Gasteiger partial charge is 0.207 e. The van der Waals surface area contributed by atoms with Gasteiger partial charge < -0.3 is 0 Å². The average Bonchev–Trinajstić information content (AvgIpc) is 2.17. The summed E-state index contributed by atoms with van der Waals surface area (Å²) in [7, 11) is 0. The van der Waals surface area contributed by atoms with Crippen LogP contribution in [0.15, 0.2) is 30.3 Å². The van der Waals surface area contributed by atoms with E-state index in [1.54, 1.807) is 30.3 Å². The van der Waals surface area contributed by atoms with Crippen molar-refractivity contribution in [2.24, 2.45) is 0 Å². The topological polar surface area (TPSA) is 43.1 Å². The molecule has 3 nitrogen and oxygen atoms in total. The Morgan fingerprint density at radius 1 is 1.45 bits per heavy atom. The maximum absolute atomic E-state index is 10.2. The molecule has 0 amide bonds. The number of aryl methyl sites for hydroxylation is 1. The van der Waals surface area contributed by atoms with Crippen LogP contribution in [0.2, 0.25) is 0 Å². The molecule has 0 N–H and O–H groups in total. The van der Waals surface area contributed by atoms with Gasteiger partial charge in [0.15, 0.2) is 0 Å². The molecule has 0 saturated carbocycles. The highest BCUT2D eigenvalue weighted by molar-refractivity contribution is 5.14. The van der Waals surface area contributed by atoms with Gasteiger partial charge in [-0.15, -0.1) is 0 Å². The van der Waals surface area contributed by atoms with E-state index >= 15 is 0 Å². The molecule has 0 aliphatic rings. The van der Waals surface area contributed by atoms with Crippen molar-refractivity contribution in [3.05, 3.63) is 46.0 Å². The summed E-state index contributed by atoms with van der Waals surface area (Å²) in [5.41, 5.74) is 0.499. The minimum atomic E-state index is -1.61. The third kappa shape index (κ3) is 2.80. The second-order valence-corrected chi connectivity index (χ2v) is 2.01. The second-order valence-electron chi connectivity index (χ2n) is 2.01. The van der Waals surface area contributed by atoms with Gasteiger partial charge >= 0.3 is 0 Å². The molecule has 3 heteroatoms. The fourth-order valence-corrected chi connectivity index (χ4v) is 0.711. The van der Waals surface area contributed by atoms with Gasteiger partial charge in [-0.05, 0) is 5.56 Å². The van der Waals surface area contributed by atoms with E-state index in [1.165, 1.54) is 0 Å². The first-order chi connectivity index (χ1) is 6.13. The predicted octanol–water partition coefficient (Wildman–Crippen LogP) is 1.51. The summed E-state index contributed by atoms with van der Waals surface area (Å²) in [5.74, 6) is 0. The van der Waals surface area contributed by atoms with Gasteiger partial charge in [0.05, 0.1) is 0 Å². The summed E-state index contributed by atoms with van der Waals surface area (Å²) >= 11 is 0. The van der Waals surface area contributed by atoms with Crippen LogP contribution in [-0.4, -0.2) is 11.4 Å². The molecule has 0 heterocycles. The molecule has 1 aromatic rings. The zero-order valence-electron chi connectivity index (χ0n) is 7.81. The van der Waals surface area contributed by atoms with E-state index in [9.17, 15) is 10.1 Å². The lowest BCUT2D eigenvalue weighted by molar-refractivity contribution is -0.479. The Balaban J connectivity index is 2.79. The van der Waals surface area contributed by atoms with E-state index in [0.29, 0.717) is 5.56 Å². The summed E-state index contributed by atoms with van der Waals surface area (Å²) in [6.07, 6.45) is -1.11. The van der Waals surface area contributed by atoms with Crippen LogP contribution >= 0.6 is 0 Å². The van der Waals surface area contributed by atoms with E-state index in [2.05, 4.69) is 0 Å². The molecule has 58 valence electrons. The van der Waals surface area contributed by atoms with E-state index in [0.717, 1.165) is 0 Å². The Hall–Kier alpha value is -1.38. The lowest BCUT2D eigenvalue weighted by Crippen LogP contribution is -2.03. The third-order valence-electron chi connectivity index (χ3n) is 1.19. The molecule has 0 fully saturated rings. The van der Waals surface area contributed by atoms with Gasteiger partial charge in [-0.1, -0.05) is 30.3 Å². The highest BCUT2D eigenvalue weighted by Crippen LogP contribution is 1.98. The summed E-state index contributed by atoms with van der Waals surface area (Å²) in [4.78, 5) is 9.45. The number of hydrogen-bond donors (Lipinski definition) is 0. The van der Waals surface area contributed by atoms with Crippen molar-refractivity contribution in [2.75, 3.05) is 6.52 Å². The number of nitro groups is 1. The maximum atomic E-state index is 10.2.